The topological polar surface area (TPSA) is 114 Å². The summed E-state index contributed by atoms with van der Waals surface area (Å²) in [6, 6.07) is 3.85. The third-order valence-electron chi connectivity index (χ3n) is 5.51. The molecule has 37 heavy (non-hydrogen) atoms. The number of anilines is 1. The van der Waals surface area contributed by atoms with Crippen LogP contribution in [0, 0.1) is 0 Å². The number of nitrogens with one attached hydrogen (secondary N) is 2. The number of rotatable bonds is 1. The Kier molecular flexibility index (Phi) is 10.8. The van der Waals surface area contributed by atoms with Crippen LogP contribution in [-0.2, 0) is 10.9 Å². The van der Waals surface area contributed by atoms with Crippen LogP contribution in [0.15, 0.2) is 24.3 Å². The van der Waals surface area contributed by atoms with E-state index in [0.29, 0.717) is 45.7 Å². The zero-order valence-corrected chi connectivity index (χ0v) is 21.4. The molecule has 1 aromatic carbocycles. The van der Waals surface area contributed by atoms with E-state index in [0.717, 1.165) is 31.6 Å². The van der Waals surface area contributed by atoms with E-state index in [1.807, 2.05) is 0 Å². The minimum atomic E-state index is -4.42. The van der Waals surface area contributed by atoms with Crippen LogP contribution in [0.3, 0.4) is 0 Å². The van der Waals surface area contributed by atoms with Crippen molar-refractivity contribution in [2.75, 3.05) is 57.7 Å². The van der Waals surface area contributed by atoms with Crippen molar-refractivity contribution < 1.29 is 37.4 Å². The highest BCUT2D eigenvalue weighted by Crippen LogP contribution is 2.29. The molecule has 0 aliphatic carbocycles. The number of benzene rings is 1. The van der Waals surface area contributed by atoms with E-state index in [1.54, 1.807) is 25.7 Å². The summed E-state index contributed by atoms with van der Waals surface area (Å²) in [4.78, 5) is 39.4. The Bertz CT molecular complexity index is 898. The molecule has 0 radical (unpaired) electrons. The summed E-state index contributed by atoms with van der Waals surface area (Å²) in [5.41, 5.74) is -1.09. The number of hydrogen-bond acceptors (Lipinski definition) is 5. The van der Waals surface area contributed by atoms with Gasteiger partial charge in [0.2, 0.25) is 0 Å². The monoisotopic (exact) mass is 531 g/mol. The van der Waals surface area contributed by atoms with Gasteiger partial charge in [-0.25, -0.2) is 14.4 Å². The number of carbonyl (C=O) groups excluding carboxylic acids is 2. The molecule has 2 fully saturated rings. The van der Waals surface area contributed by atoms with Gasteiger partial charge in [-0.3, -0.25) is 0 Å². The molecular formula is C24H36F3N5O5. The summed E-state index contributed by atoms with van der Waals surface area (Å²) in [5, 5.41) is 14.3. The van der Waals surface area contributed by atoms with Crippen molar-refractivity contribution in [2.24, 2.45) is 0 Å². The van der Waals surface area contributed by atoms with Gasteiger partial charge in [-0.2, -0.15) is 13.2 Å². The molecule has 3 rings (SSSR count). The summed E-state index contributed by atoms with van der Waals surface area (Å²) < 4.78 is 43.1. The van der Waals surface area contributed by atoms with E-state index in [9.17, 15) is 27.6 Å². The average Bonchev–Trinajstić information content (AvgIpc) is 3.22. The van der Waals surface area contributed by atoms with Gasteiger partial charge >= 0.3 is 24.4 Å². The van der Waals surface area contributed by atoms with Gasteiger partial charge in [0, 0.05) is 51.5 Å². The number of hydrogen-bond donors (Lipinski definition) is 3. The first kappa shape index (κ1) is 30.0. The van der Waals surface area contributed by atoms with E-state index in [2.05, 4.69) is 10.6 Å². The normalized spacial score (nSPS) is 17.1. The fourth-order valence-corrected chi connectivity index (χ4v) is 3.61. The summed E-state index contributed by atoms with van der Waals surface area (Å²) >= 11 is 0. The van der Waals surface area contributed by atoms with Crippen molar-refractivity contribution in [3.63, 3.8) is 0 Å². The molecule has 13 heteroatoms. The summed E-state index contributed by atoms with van der Waals surface area (Å²) in [6.45, 7) is 9.91. The molecule has 0 bridgehead atoms. The lowest BCUT2D eigenvalue weighted by Crippen LogP contribution is -2.41. The Labute approximate surface area is 214 Å². The van der Waals surface area contributed by atoms with Gasteiger partial charge < -0.3 is 35.2 Å². The van der Waals surface area contributed by atoms with Crippen LogP contribution >= 0.6 is 0 Å². The fourth-order valence-electron chi connectivity index (χ4n) is 3.61. The molecule has 3 N–H and O–H groups in total. The van der Waals surface area contributed by atoms with Crippen LogP contribution < -0.4 is 10.6 Å². The second-order valence-electron chi connectivity index (χ2n) is 9.69. The van der Waals surface area contributed by atoms with Crippen LogP contribution in [0.4, 0.5) is 33.2 Å². The molecule has 2 heterocycles. The molecule has 2 aliphatic rings. The number of halogens is 3. The number of carbonyl (C=O) groups is 3. The molecule has 0 spiro atoms. The van der Waals surface area contributed by atoms with Gasteiger partial charge in [0.25, 0.3) is 0 Å². The standard InChI is InChI=1S/C18H24F3N3O3.C6H12N2O2/c1-17(2,3)27-16(26)24-10-4-9-23(11-12-24)15(25)22-14-7-5-13(6-8-14)18(19,20)21;9-6(10)8-4-1-2-7-3-5-8/h5-8H,4,9-12H2,1-3H3,(H,22,25);7H,1-5H2,(H,9,10). The second-order valence-corrected chi connectivity index (χ2v) is 9.69. The molecule has 0 saturated carbocycles. The highest BCUT2D eigenvalue weighted by Gasteiger charge is 2.30. The minimum Gasteiger partial charge on any atom is -0.465 e. The molecule has 2 saturated heterocycles. The van der Waals surface area contributed by atoms with Gasteiger partial charge in [-0.15, -0.1) is 0 Å². The van der Waals surface area contributed by atoms with Gasteiger partial charge in [-0.05, 0) is 64.4 Å². The van der Waals surface area contributed by atoms with Crippen molar-refractivity contribution in [3.05, 3.63) is 29.8 Å². The number of carboxylic acid groups (broad SMARTS) is 1. The lowest BCUT2D eigenvalue weighted by Gasteiger charge is -2.26. The summed E-state index contributed by atoms with van der Waals surface area (Å²) in [5.74, 6) is 0. The first-order chi connectivity index (χ1) is 17.3. The maximum Gasteiger partial charge on any atom is 0.416 e. The highest BCUT2D eigenvalue weighted by molar-refractivity contribution is 5.89. The van der Waals surface area contributed by atoms with E-state index in [1.165, 1.54) is 21.9 Å². The third kappa shape index (κ3) is 10.7. The molecule has 0 aromatic heterocycles. The SMILES string of the molecule is CC(C)(C)OC(=O)N1CCCN(C(=O)Nc2ccc(C(F)(F)F)cc2)CC1.O=C(O)N1CCCNCC1. The van der Waals surface area contributed by atoms with E-state index < -0.39 is 35.6 Å². The first-order valence-electron chi connectivity index (χ1n) is 12.2. The molecule has 208 valence electrons. The van der Waals surface area contributed by atoms with E-state index in [-0.39, 0.29) is 5.69 Å². The van der Waals surface area contributed by atoms with Crippen molar-refractivity contribution in [1.82, 2.24) is 20.0 Å². The molecule has 10 nitrogen and oxygen atoms in total. The summed E-state index contributed by atoms with van der Waals surface area (Å²) in [6.07, 6.45) is -4.14. The lowest BCUT2D eigenvalue weighted by atomic mass is 10.2. The predicted octanol–water partition coefficient (Wildman–Crippen LogP) is 4.14. The lowest BCUT2D eigenvalue weighted by molar-refractivity contribution is -0.137. The van der Waals surface area contributed by atoms with Crippen LogP contribution in [0.2, 0.25) is 0 Å². The number of amides is 4. The largest absolute Gasteiger partial charge is 0.465 e. The fraction of sp³-hybridized carbons (Fsp3) is 0.625. The third-order valence-corrected chi connectivity index (χ3v) is 5.51. The highest BCUT2D eigenvalue weighted by atomic mass is 19.4. The number of alkyl halides is 3. The Morgan fingerprint density at radius 3 is 2.05 bits per heavy atom. The first-order valence-corrected chi connectivity index (χ1v) is 12.2. The maximum absolute atomic E-state index is 12.6. The quantitative estimate of drug-likeness (QED) is 0.502. The molecule has 2 aliphatic heterocycles. The maximum atomic E-state index is 12.6. The Balaban J connectivity index is 0.000000402. The van der Waals surface area contributed by atoms with Crippen molar-refractivity contribution in [2.45, 2.75) is 45.4 Å². The number of urea groups is 1. The molecule has 4 amide bonds. The van der Waals surface area contributed by atoms with Gasteiger partial charge in [0.1, 0.15) is 5.60 Å². The van der Waals surface area contributed by atoms with E-state index >= 15 is 0 Å². The Morgan fingerprint density at radius 2 is 1.46 bits per heavy atom. The van der Waals surface area contributed by atoms with Crippen LogP contribution in [0.5, 0.6) is 0 Å². The van der Waals surface area contributed by atoms with Crippen molar-refractivity contribution in [3.8, 4) is 0 Å². The Morgan fingerprint density at radius 1 is 0.865 bits per heavy atom. The average molecular weight is 532 g/mol. The predicted molar refractivity (Wildman–Crippen MR) is 132 cm³/mol. The van der Waals surface area contributed by atoms with Crippen LogP contribution in [-0.4, -0.2) is 96.0 Å². The van der Waals surface area contributed by atoms with Crippen molar-refractivity contribution >= 4 is 23.9 Å². The molecule has 1 aromatic rings. The van der Waals surface area contributed by atoms with Gasteiger partial charge in [0.05, 0.1) is 5.56 Å². The Hall–Kier alpha value is -3.22. The summed E-state index contributed by atoms with van der Waals surface area (Å²) in [7, 11) is 0. The van der Waals surface area contributed by atoms with Gasteiger partial charge in [-0.1, -0.05) is 0 Å². The molecular weight excluding hydrogens is 495 g/mol. The van der Waals surface area contributed by atoms with E-state index in [4.69, 9.17) is 9.84 Å². The van der Waals surface area contributed by atoms with Crippen LogP contribution in [0.1, 0.15) is 39.2 Å². The minimum absolute atomic E-state index is 0.279. The second kappa shape index (κ2) is 13.4. The zero-order valence-electron chi connectivity index (χ0n) is 21.4. The smallest absolute Gasteiger partial charge is 0.416 e. The molecule has 0 atom stereocenters. The zero-order chi connectivity index (χ0) is 27.6. The molecule has 0 unspecified atom stereocenters. The number of nitrogens with zero attached hydrogens (tertiary/aromatic N) is 3. The van der Waals surface area contributed by atoms with Gasteiger partial charge in [0.15, 0.2) is 0 Å². The number of ether oxygens (including phenoxy) is 1. The van der Waals surface area contributed by atoms with Crippen LogP contribution in [0.25, 0.3) is 0 Å². The van der Waals surface area contributed by atoms with Crippen molar-refractivity contribution in [1.29, 1.82) is 0 Å².